The Morgan fingerprint density at radius 2 is 2.00 bits per heavy atom. The number of nitrogens with one attached hydrogen (secondary N) is 3. The summed E-state index contributed by atoms with van der Waals surface area (Å²) in [5.41, 5.74) is 0.900. The number of ether oxygens (including phenoxy) is 2. The summed E-state index contributed by atoms with van der Waals surface area (Å²) in [6, 6.07) is 3.21. The van der Waals surface area contributed by atoms with Crippen LogP contribution >= 0.6 is 0 Å². The molecule has 1 aromatic carbocycles. The Morgan fingerprint density at radius 1 is 1.21 bits per heavy atom. The Morgan fingerprint density at radius 3 is 2.73 bits per heavy atom. The number of hydrogen-bond donors (Lipinski definition) is 3. The number of carbonyl (C=O) groups is 3. The predicted octanol–water partition coefficient (Wildman–Crippen LogP) is 0.645. The number of aromatic nitrogens is 3. The molecule has 0 spiro atoms. The van der Waals surface area contributed by atoms with Crippen LogP contribution in [0.15, 0.2) is 24.4 Å². The monoisotopic (exact) mass is 458 g/mol. The van der Waals surface area contributed by atoms with Crippen molar-refractivity contribution in [1.29, 1.82) is 0 Å². The Hall–Kier alpha value is -3.63. The number of nitrogens with zero attached hydrogens (tertiary/aromatic N) is 3. The number of carbonyl (C=O) groups excluding carboxylic acids is 3. The first-order chi connectivity index (χ1) is 15.8. The van der Waals surface area contributed by atoms with Gasteiger partial charge in [0, 0.05) is 5.56 Å². The Balaban J connectivity index is 1.89. The zero-order valence-electron chi connectivity index (χ0n) is 19.3. The van der Waals surface area contributed by atoms with Crippen LogP contribution in [0.4, 0.5) is 0 Å². The molecule has 0 unspecified atom stereocenters. The molecule has 33 heavy (non-hydrogen) atoms. The van der Waals surface area contributed by atoms with Crippen molar-refractivity contribution < 1.29 is 23.9 Å². The fourth-order valence-electron chi connectivity index (χ4n) is 3.36. The largest absolute Gasteiger partial charge is 0.493 e. The van der Waals surface area contributed by atoms with Gasteiger partial charge in [0.15, 0.2) is 11.5 Å². The predicted molar refractivity (Wildman–Crippen MR) is 119 cm³/mol. The highest BCUT2D eigenvalue weighted by Crippen LogP contribution is 2.28. The van der Waals surface area contributed by atoms with Crippen molar-refractivity contribution >= 4 is 17.7 Å². The molecule has 4 rings (SSSR count). The van der Waals surface area contributed by atoms with Gasteiger partial charge in [0.05, 0.1) is 26.4 Å². The van der Waals surface area contributed by atoms with Gasteiger partial charge in [0.25, 0.3) is 5.91 Å². The number of rotatable bonds is 3. The molecule has 0 fully saturated rings. The van der Waals surface area contributed by atoms with E-state index in [0.717, 1.165) is 0 Å². The van der Waals surface area contributed by atoms with Crippen molar-refractivity contribution in [3.63, 3.8) is 0 Å². The Bertz CT molecular complexity index is 1000. The van der Waals surface area contributed by atoms with Crippen LogP contribution < -0.4 is 25.4 Å². The Kier molecular flexibility index (Phi) is 7.86. The van der Waals surface area contributed by atoms with Crippen molar-refractivity contribution in [2.75, 3.05) is 13.7 Å². The number of benzene rings is 1. The average molecular weight is 459 g/mol. The second-order valence-corrected chi connectivity index (χ2v) is 8.29. The molecule has 1 aromatic heterocycles. The lowest BCUT2D eigenvalue weighted by atomic mass is 10.0. The van der Waals surface area contributed by atoms with Gasteiger partial charge in [-0.3, -0.25) is 14.4 Å². The first-order valence-corrected chi connectivity index (χ1v) is 10.9. The summed E-state index contributed by atoms with van der Waals surface area (Å²) in [5, 5.41) is 16.3. The standard InChI is InChI=1S/C22H30N6O5/c1-13(2)9-17-22(31)24-14(3)20(29)23-11-16-12-28(27-26-16)7-8-33-18-6-5-15(21(30)25-17)10-19(18)32-4/h5-6,10,12-14,17H,7-9,11H2,1-4H3,(H,23,29)(H,24,31)(H,25,30)/t14-,17-/m1/s1. The van der Waals surface area contributed by atoms with E-state index < -0.39 is 23.9 Å². The molecule has 0 saturated heterocycles. The van der Waals surface area contributed by atoms with Gasteiger partial charge in [0.2, 0.25) is 11.8 Å². The first-order valence-electron chi connectivity index (χ1n) is 10.9. The van der Waals surface area contributed by atoms with E-state index in [9.17, 15) is 14.4 Å². The van der Waals surface area contributed by atoms with Crippen LogP contribution in [0.1, 0.15) is 43.2 Å². The van der Waals surface area contributed by atoms with Gasteiger partial charge < -0.3 is 25.4 Å². The fourth-order valence-corrected chi connectivity index (χ4v) is 3.36. The van der Waals surface area contributed by atoms with E-state index in [0.29, 0.717) is 42.3 Å². The topological polar surface area (TPSA) is 136 Å². The summed E-state index contributed by atoms with van der Waals surface area (Å²) < 4.78 is 12.8. The van der Waals surface area contributed by atoms with Crippen molar-refractivity contribution in [2.24, 2.45) is 5.92 Å². The van der Waals surface area contributed by atoms with Crippen LogP contribution in [-0.2, 0) is 22.7 Å². The molecular formula is C22H30N6O5. The van der Waals surface area contributed by atoms with Crippen LogP contribution in [0.25, 0.3) is 0 Å². The van der Waals surface area contributed by atoms with Crippen LogP contribution in [0.2, 0.25) is 0 Å². The SMILES string of the molecule is COc1cc2ccc1OCCn1cc(nn1)CNC(=O)[C@@H](C)NC(=O)[C@@H](CC(C)C)NC2=O. The zero-order chi connectivity index (χ0) is 24.0. The van der Waals surface area contributed by atoms with E-state index in [-0.39, 0.29) is 18.4 Å². The van der Waals surface area contributed by atoms with Crippen LogP contribution in [-0.4, -0.2) is 58.5 Å². The van der Waals surface area contributed by atoms with Crippen molar-refractivity contribution in [3.05, 3.63) is 35.7 Å². The highest BCUT2D eigenvalue weighted by Gasteiger charge is 2.26. The number of fused-ring (bicyclic) bond motifs is 12. The minimum Gasteiger partial charge on any atom is -0.493 e. The van der Waals surface area contributed by atoms with Gasteiger partial charge in [0.1, 0.15) is 24.4 Å². The molecule has 0 aliphatic carbocycles. The maximum Gasteiger partial charge on any atom is 0.252 e. The molecule has 0 saturated carbocycles. The van der Waals surface area contributed by atoms with Crippen LogP contribution in [0.3, 0.4) is 0 Å². The molecule has 3 amide bonds. The molecular weight excluding hydrogens is 428 g/mol. The molecule has 2 aliphatic rings. The molecule has 11 heteroatoms. The maximum atomic E-state index is 12.9. The minimum atomic E-state index is -0.809. The molecule has 2 aliphatic heterocycles. The fraction of sp³-hybridized carbons (Fsp3) is 0.500. The molecule has 3 N–H and O–H groups in total. The second-order valence-electron chi connectivity index (χ2n) is 8.29. The summed E-state index contributed by atoms with van der Waals surface area (Å²) in [5.74, 6) is -0.215. The number of hydrogen-bond acceptors (Lipinski definition) is 7. The number of methoxy groups -OCH3 is 1. The minimum absolute atomic E-state index is 0.139. The van der Waals surface area contributed by atoms with E-state index in [4.69, 9.17) is 9.47 Å². The normalized spacial score (nSPS) is 20.1. The van der Waals surface area contributed by atoms with E-state index >= 15 is 0 Å². The molecule has 11 nitrogen and oxygen atoms in total. The van der Waals surface area contributed by atoms with Gasteiger partial charge >= 0.3 is 0 Å². The molecule has 0 radical (unpaired) electrons. The van der Waals surface area contributed by atoms with Crippen LogP contribution in [0, 0.1) is 5.92 Å². The van der Waals surface area contributed by atoms with E-state index in [2.05, 4.69) is 26.3 Å². The van der Waals surface area contributed by atoms with Gasteiger partial charge in [-0.15, -0.1) is 5.10 Å². The van der Waals surface area contributed by atoms with Gasteiger partial charge in [-0.1, -0.05) is 19.1 Å². The third kappa shape index (κ3) is 6.43. The molecule has 2 atom stereocenters. The lowest BCUT2D eigenvalue weighted by molar-refractivity contribution is -0.129. The highest BCUT2D eigenvalue weighted by atomic mass is 16.5. The average Bonchev–Trinajstić information content (AvgIpc) is 3.23. The van der Waals surface area contributed by atoms with Gasteiger partial charge in [-0.05, 0) is 37.5 Å². The third-order valence-electron chi connectivity index (χ3n) is 5.11. The summed E-state index contributed by atoms with van der Waals surface area (Å²) in [6.45, 7) is 6.38. The quantitative estimate of drug-likeness (QED) is 0.574. The van der Waals surface area contributed by atoms with E-state index in [1.165, 1.54) is 7.11 Å². The Labute approximate surface area is 192 Å². The van der Waals surface area contributed by atoms with E-state index in [1.807, 2.05) is 13.8 Å². The lowest BCUT2D eigenvalue weighted by Gasteiger charge is -2.22. The second kappa shape index (κ2) is 10.8. The maximum absolute atomic E-state index is 12.9. The van der Waals surface area contributed by atoms with Gasteiger partial charge in [-0.25, -0.2) is 4.68 Å². The van der Waals surface area contributed by atoms with Crippen molar-refractivity contribution in [2.45, 2.75) is 52.4 Å². The van der Waals surface area contributed by atoms with Gasteiger partial charge in [-0.2, -0.15) is 0 Å². The third-order valence-corrected chi connectivity index (χ3v) is 5.11. The summed E-state index contributed by atoms with van der Waals surface area (Å²) in [6.07, 6.45) is 2.12. The zero-order valence-corrected chi connectivity index (χ0v) is 19.3. The van der Waals surface area contributed by atoms with Crippen molar-refractivity contribution in [3.8, 4) is 11.5 Å². The molecule has 178 valence electrons. The first kappa shape index (κ1) is 24.0. The molecule has 2 aromatic rings. The van der Waals surface area contributed by atoms with E-state index in [1.54, 1.807) is 36.0 Å². The van der Waals surface area contributed by atoms with Crippen molar-refractivity contribution in [1.82, 2.24) is 30.9 Å². The lowest BCUT2D eigenvalue weighted by Crippen LogP contribution is -2.53. The molecule has 4 bridgehead atoms. The number of amides is 3. The molecule has 3 heterocycles. The summed E-state index contributed by atoms with van der Waals surface area (Å²) in [4.78, 5) is 38.2. The summed E-state index contributed by atoms with van der Waals surface area (Å²) >= 11 is 0. The highest BCUT2D eigenvalue weighted by molar-refractivity contribution is 5.98. The smallest absolute Gasteiger partial charge is 0.252 e. The summed E-state index contributed by atoms with van der Waals surface area (Å²) in [7, 11) is 1.49. The van der Waals surface area contributed by atoms with Crippen LogP contribution in [0.5, 0.6) is 11.5 Å².